The molecule has 9 heteroatoms. The number of nitrogens with one attached hydrogen (secondary N) is 2. The van der Waals surface area contributed by atoms with Crippen LogP contribution in [0.1, 0.15) is 35.3 Å². The van der Waals surface area contributed by atoms with Crippen molar-refractivity contribution in [2.24, 2.45) is 0 Å². The summed E-state index contributed by atoms with van der Waals surface area (Å²) in [6, 6.07) is 16.6. The van der Waals surface area contributed by atoms with Gasteiger partial charge in [0.25, 0.3) is 15.9 Å². The van der Waals surface area contributed by atoms with Gasteiger partial charge in [-0.25, -0.2) is 13.1 Å². The summed E-state index contributed by atoms with van der Waals surface area (Å²) in [7, 11) is -3.88. The van der Waals surface area contributed by atoms with E-state index in [9.17, 15) is 13.2 Å². The number of anilines is 1. The number of carbonyl (C=O) groups excluding carboxylic acids is 1. The molecule has 2 N–H and O–H groups in total. The second kappa shape index (κ2) is 8.40. The van der Waals surface area contributed by atoms with Crippen LogP contribution in [0.3, 0.4) is 0 Å². The van der Waals surface area contributed by atoms with E-state index in [0.29, 0.717) is 12.0 Å². The first kappa shape index (κ1) is 21.1. The van der Waals surface area contributed by atoms with Crippen LogP contribution in [0.5, 0.6) is 0 Å². The third kappa shape index (κ3) is 5.69. The number of aromatic nitrogens is 2. The summed E-state index contributed by atoms with van der Waals surface area (Å²) in [6.07, 6.45) is 0.517. The normalized spacial score (nSPS) is 12.0. The van der Waals surface area contributed by atoms with Crippen molar-refractivity contribution >= 4 is 32.4 Å². The van der Waals surface area contributed by atoms with Crippen LogP contribution >= 0.6 is 11.3 Å². The summed E-state index contributed by atoms with van der Waals surface area (Å²) in [5.74, 6) is -0.373. The van der Waals surface area contributed by atoms with Crippen molar-refractivity contribution in [1.29, 1.82) is 0 Å². The van der Waals surface area contributed by atoms with Crippen molar-refractivity contribution < 1.29 is 13.2 Å². The average molecular weight is 431 g/mol. The van der Waals surface area contributed by atoms with Gasteiger partial charge in [-0.15, -0.1) is 10.2 Å². The Morgan fingerprint density at radius 3 is 2.34 bits per heavy atom. The zero-order chi connectivity index (χ0) is 21.1. The Kier molecular flexibility index (Phi) is 6.11. The van der Waals surface area contributed by atoms with E-state index in [4.69, 9.17) is 0 Å². The molecule has 0 aliphatic heterocycles. The lowest BCUT2D eigenvalue weighted by molar-refractivity contribution is 0.102. The van der Waals surface area contributed by atoms with Gasteiger partial charge in [0.2, 0.25) is 9.47 Å². The quantitative estimate of drug-likeness (QED) is 0.560. The first-order valence-corrected chi connectivity index (χ1v) is 11.2. The number of benzene rings is 2. The van der Waals surface area contributed by atoms with Crippen LogP contribution in [0.15, 0.2) is 58.9 Å². The fraction of sp³-hybridized carbons (Fsp3) is 0.250. The molecule has 0 unspecified atom stereocenters. The third-order valence-corrected chi connectivity index (χ3v) is 6.97. The van der Waals surface area contributed by atoms with Gasteiger partial charge in [-0.1, -0.05) is 59.4 Å². The molecule has 3 rings (SSSR count). The number of amides is 1. The van der Waals surface area contributed by atoms with E-state index < -0.39 is 15.6 Å². The summed E-state index contributed by atoms with van der Waals surface area (Å²) in [5, 5.41) is 10.2. The summed E-state index contributed by atoms with van der Waals surface area (Å²) in [5.41, 5.74) is 1.79. The molecule has 0 spiro atoms. The molecular formula is C20H22N4O3S2. The molecule has 0 saturated carbocycles. The van der Waals surface area contributed by atoms with Gasteiger partial charge in [0.05, 0.1) is 0 Å². The van der Waals surface area contributed by atoms with Crippen LogP contribution in [0, 0.1) is 6.92 Å². The largest absolute Gasteiger partial charge is 0.296 e. The molecule has 0 aliphatic carbocycles. The Labute approximate surface area is 174 Å². The smallest absolute Gasteiger partial charge is 0.270 e. The van der Waals surface area contributed by atoms with Crippen LogP contribution in [0.2, 0.25) is 0 Å². The molecule has 7 nitrogen and oxygen atoms in total. The molecule has 1 aromatic heterocycles. The van der Waals surface area contributed by atoms with Gasteiger partial charge in [0, 0.05) is 11.1 Å². The van der Waals surface area contributed by atoms with Crippen LogP contribution in [-0.2, 0) is 16.4 Å². The molecule has 3 aromatic rings. The lowest BCUT2D eigenvalue weighted by Crippen LogP contribution is -2.44. The van der Waals surface area contributed by atoms with Crippen LogP contribution in [-0.4, -0.2) is 30.1 Å². The van der Waals surface area contributed by atoms with Crippen LogP contribution in [0.4, 0.5) is 5.13 Å². The van der Waals surface area contributed by atoms with E-state index >= 15 is 0 Å². The van der Waals surface area contributed by atoms with E-state index in [1.165, 1.54) is 0 Å². The first-order chi connectivity index (χ1) is 13.6. The molecule has 1 heterocycles. The van der Waals surface area contributed by atoms with E-state index in [1.807, 2.05) is 49.4 Å². The molecule has 0 bridgehead atoms. The van der Waals surface area contributed by atoms with Crippen LogP contribution < -0.4 is 10.0 Å². The predicted octanol–water partition coefficient (Wildman–Crippen LogP) is 3.40. The van der Waals surface area contributed by atoms with Crippen molar-refractivity contribution in [3.8, 4) is 0 Å². The molecule has 0 radical (unpaired) electrons. The first-order valence-electron chi connectivity index (χ1n) is 8.94. The lowest BCUT2D eigenvalue weighted by Gasteiger charge is -2.25. The lowest BCUT2D eigenvalue weighted by atomic mass is 9.96. The van der Waals surface area contributed by atoms with Gasteiger partial charge >= 0.3 is 0 Å². The maximum absolute atomic E-state index is 12.7. The van der Waals surface area contributed by atoms with Gasteiger partial charge in [-0.2, -0.15) is 0 Å². The summed E-state index contributed by atoms with van der Waals surface area (Å²) >= 11 is 0.808. The second-order valence-electron chi connectivity index (χ2n) is 7.35. The Hall–Kier alpha value is -2.62. The van der Waals surface area contributed by atoms with Crippen molar-refractivity contribution in [3.63, 3.8) is 0 Å². The minimum absolute atomic E-state index is 0.122. The van der Waals surface area contributed by atoms with Gasteiger partial charge in [0.15, 0.2) is 0 Å². The highest BCUT2D eigenvalue weighted by Gasteiger charge is 2.29. The summed E-state index contributed by atoms with van der Waals surface area (Å²) < 4.78 is 27.9. The topological polar surface area (TPSA) is 101 Å². The Balaban J connectivity index is 1.69. The van der Waals surface area contributed by atoms with Crippen LogP contribution in [0.25, 0.3) is 0 Å². The SMILES string of the molecule is Cc1ccc(C(=O)Nc2nnc(S(=O)(=O)NC(C)(C)Cc3ccccc3)s2)cc1. The third-order valence-electron chi connectivity index (χ3n) is 4.07. The number of rotatable bonds is 7. The minimum atomic E-state index is -3.88. The monoisotopic (exact) mass is 430 g/mol. The van der Waals surface area contributed by atoms with Gasteiger partial charge < -0.3 is 0 Å². The number of aryl methyl sites for hydroxylation is 1. The molecule has 29 heavy (non-hydrogen) atoms. The number of hydrogen-bond donors (Lipinski definition) is 2. The Morgan fingerprint density at radius 1 is 1.03 bits per heavy atom. The van der Waals surface area contributed by atoms with Gasteiger partial charge in [-0.3, -0.25) is 10.1 Å². The summed E-state index contributed by atoms with van der Waals surface area (Å²) in [6.45, 7) is 5.53. The fourth-order valence-corrected chi connectivity index (χ4v) is 5.10. The number of carbonyl (C=O) groups is 1. The highest BCUT2D eigenvalue weighted by atomic mass is 32.2. The number of nitrogens with zero attached hydrogens (tertiary/aromatic N) is 2. The Bertz CT molecular complexity index is 1090. The highest BCUT2D eigenvalue weighted by molar-refractivity contribution is 7.91. The number of hydrogen-bond acceptors (Lipinski definition) is 6. The fourth-order valence-electron chi connectivity index (χ4n) is 2.79. The summed E-state index contributed by atoms with van der Waals surface area (Å²) in [4.78, 5) is 12.3. The van der Waals surface area contributed by atoms with E-state index in [2.05, 4.69) is 20.2 Å². The molecule has 0 fully saturated rings. The van der Waals surface area contributed by atoms with E-state index in [0.717, 1.165) is 22.5 Å². The highest BCUT2D eigenvalue weighted by Crippen LogP contribution is 2.23. The molecule has 0 atom stereocenters. The zero-order valence-corrected chi connectivity index (χ0v) is 18.0. The predicted molar refractivity (Wildman–Crippen MR) is 114 cm³/mol. The molecular weight excluding hydrogens is 408 g/mol. The maximum atomic E-state index is 12.7. The van der Waals surface area contributed by atoms with Crippen molar-refractivity contribution in [1.82, 2.24) is 14.9 Å². The minimum Gasteiger partial charge on any atom is -0.296 e. The van der Waals surface area contributed by atoms with Crippen molar-refractivity contribution in [3.05, 3.63) is 71.3 Å². The molecule has 2 aromatic carbocycles. The van der Waals surface area contributed by atoms with E-state index in [-0.39, 0.29) is 15.4 Å². The molecule has 1 amide bonds. The van der Waals surface area contributed by atoms with Gasteiger partial charge in [0.1, 0.15) is 0 Å². The average Bonchev–Trinajstić information content (AvgIpc) is 3.11. The molecule has 152 valence electrons. The molecule has 0 aliphatic rings. The van der Waals surface area contributed by atoms with Gasteiger partial charge in [-0.05, 0) is 44.9 Å². The molecule has 0 saturated heterocycles. The Morgan fingerprint density at radius 2 is 1.69 bits per heavy atom. The second-order valence-corrected chi connectivity index (χ2v) is 10.2. The van der Waals surface area contributed by atoms with Crippen molar-refractivity contribution in [2.45, 2.75) is 37.1 Å². The zero-order valence-electron chi connectivity index (χ0n) is 16.3. The number of sulfonamides is 1. The van der Waals surface area contributed by atoms with Crippen molar-refractivity contribution in [2.75, 3.05) is 5.32 Å². The maximum Gasteiger partial charge on any atom is 0.270 e. The van der Waals surface area contributed by atoms with E-state index in [1.54, 1.807) is 26.0 Å². The standard InChI is InChI=1S/C20H22N4O3S2/c1-14-9-11-16(12-10-14)17(25)21-18-22-23-19(28-18)29(26,27)24-20(2,3)13-15-7-5-4-6-8-15/h4-12,24H,13H2,1-3H3,(H,21,22,25).